The second-order valence-electron chi connectivity index (χ2n) is 5.51. The van der Waals surface area contributed by atoms with Crippen molar-refractivity contribution in [2.45, 2.75) is 18.4 Å². The molecule has 10 heteroatoms. The van der Waals surface area contributed by atoms with Gasteiger partial charge in [0.25, 0.3) is 5.56 Å². The summed E-state index contributed by atoms with van der Waals surface area (Å²) in [4.78, 5) is 12.1. The Morgan fingerprint density at radius 1 is 1.15 bits per heavy atom. The van der Waals surface area contributed by atoms with Gasteiger partial charge in [0.15, 0.2) is 5.82 Å². The van der Waals surface area contributed by atoms with Gasteiger partial charge in [0, 0.05) is 25.0 Å². The fourth-order valence-corrected chi connectivity index (χ4v) is 3.40. The standard InChI is InChI=1S/C17H19N5O4S/c1-2-26-14-4-6-15(7-5-14)27(24,25)19-11-13-22-17(23)9-8-16(20-22)21-12-3-10-18-21/h3-10,12,19H,2,11,13H2,1H3. The lowest BCUT2D eigenvalue weighted by molar-refractivity contribution is 0.340. The number of ether oxygens (including phenoxy) is 1. The maximum absolute atomic E-state index is 12.4. The molecule has 0 fully saturated rings. The molecule has 0 radical (unpaired) electrons. The molecule has 0 bridgehead atoms. The molecule has 0 amide bonds. The second kappa shape index (κ2) is 8.14. The summed E-state index contributed by atoms with van der Waals surface area (Å²) >= 11 is 0. The second-order valence-corrected chi connectivity index (χ2v) is 7.27. The van der Waals surface area contributed by atoms with E-state index in [1.54, 1.807) is 36.7 Å². The van der Waals surface area contributed by atoms with E-state index >= 15 is 0 Å². The Morgan fingerprint density at radius 2 is 1.93 bits per heavy atom. The van der Waals surface area contributed by atoms with Crippen molar-refractivity contribution in [2.24, 2.45) is 0 Å². The van der Waals surface area contributed by atoms with Crippen molar-refractivity contribution < 1.29 is 13.2 Å². The summed E-state index contributed by atoms with van der Waals surface area (Å²) < 4.78 is 35.2. The van der Waals surface area contributed by atoms with Gasteiger partial charge in [-0.05, 0) is 43.3 Å². The molecule has 3 rings (SSSR count). The van der Waals surface area contributed by atoms with Gasteiger partial charge < -0.3 is 4.74 Å². The topological polar surface area (TPSA) is 108 Å². The Labute approximate surface area is 156 Å². The highest BCUT2D eigenvalue weighted by molar-refractivity contribution is 7.89. The van der Waals surface area contributed by atoms with Gasteiger partial charge in [-0.25, -0.2) is 22.5 Å². The molecule has 27 heavy (non-hydrogen) atoms. The Morgan fingerprint density at radius 3 is 2.59 bits per heavy atom. The van der Waals surface area contributed by atoms with Crippen molar-refractivity contribution in [3.63, 3.8) is 0 Å². The molecular weight excluding hydrogens is 370 g/mol. The summed E-state index contributed by atoms with van der Waals surface area (Å²) in [6.07, 6.45) is 3.30. The van der Waals surface area contributed by atoms with Gasteiger partial charge in [-0.1, -0.05) is 0 Å². The van der Waals surface area contributed by atoms with E-state index in [2.05, 4.69) is 14.9 Å². The van der Waals surface area contributed by atoms with Crippen LogP contribution in [0, 0.1) is 0 Å². The summed E-state index contributed by atoms with van der Waals surface area (Å²) in [6.45, 7) is 2.46. The first kappa shape index (κ1) is 18.8. The van der Waals surface area contributed by atoms with Crippen LogP contribution >= 0.6 is 0 Å². The SMILES string of the molecule is CCOc1ccc(S(=O)(=O)NCCn2nc(-n3cccn3)ccc2=O)cc1. The molecule has 0 spiro atoms. The molecule has 0 aliphatic carbocycles. The first-order valence-corrected chi connectivity index (χ1v) is 9.78. The molecule has 1 aromatic carbocycles. The Balaban J connectivity index is 1.66. The van der Waals surface area contributed by atoms with Gasteiger partial charge in [-0.2, -0.15) is 5.10 Å². The van der Waals surface area contributed by atoms with Crippen LogP contribution in [0.5, 0.6) is 5.75 Å². The number of hydrogen-bond acceptors (Lipinski definition) is 6. The number of nitrogens with one attached hydrogen (secondary N) is 1. The lowest BCUT2D eigenvalue weighted by atomic mass is 10.3. The third-order valence-electron chi connectivity index (χ3n) is 3.65. The lowest BCUT2D eigenvalue weighted by Gasteiger charge is -2.10. The third-order valence-corrected chi connectivity index (χ3v) is 5.13. The lowest BCUT2D eigenvalue weighted by Crippen LogP contribution is -2.32. The smallest absolute Gasteiger partial charge is 0.266 e. The number of aromatic nitrogens is 4. The Hall–Kier alpha value is -2.98. The van der Waals surface area contributed by atoms with E-state index in [1.165, 1.54) is 27.6 Å². The number of rotatable bonds is 8. The zero-order valence-corrected chi connectivity index (χ0v) is 15.5. The minimum atomic E-state index is -3.69. The quantitative estimate of drug-likeness (QED) is 0.611. The fourth-order valence-electron chi connectivity index (χ4n) is 2.38. The maximum atomic E-state index is 12.4. The normalized spacial score (nSPS) is 11.4. The number of sulfonamides is 1. The van der Waals surface area contributed by atoms with Crippen LogP contribution in [-0.4, -0.2) is 41.1 Å². The molecule has 0 atom stereocenters. The number of nitrogens with zero attached hydrogens (tertiary/aromatic N) is 4. The molecule has 9 nitrogen and oxygen atoms in total. The van der Waals surface area contributed by atoms with Crippen molar-refractivity contribution >= 4 is 10.0 Å². The van der Waals surface area contributed by atoms with Crippen LogP contribution in [0.2, 0.25) is 0 Å². The molecule has 0 aliphatic heterocycles. The Kier molecular flexibility index (Phi) is 5.67. The first-order chi connectivity index (χ1) is 13.0. The van der Waals surface area contributed by atoms with Gasteiger partial charge in [0.05, 0.1) is 18.0 Å². The van der Waals surface area contributed by atoms with Gasteiger partial charge in [0.2, 0.25) is 10.0 Å². The molecule has 0 saturated heterocycles. The van der Waals surface area contributed by atoms with E-state index < -0.39 is 10.0 Å². The minimum absolute atomic E-state index is 0.0189. The first-order valence-electron chi connectivity index (χ1n) is 8.30. The average molecular weight is 389 g/mol. The summed E-state index contributed by atoms with van der Waals surface area (Å²) in [5.74, 6) is 1.07. The number of hydrogen-bond donors (Lipinski definition) is 1. The van der Waals surface area contributed by atoms with E-state index in [1.807, 2.05) is 6.92 Å². The third kappa shape index (κ3) is 4.60. The summed E-state index contributed by atoms with van der Waals surface area (Å²) in [5.41, 5.74) is -0.328. The van der Waals surface area contributed by atoms with Crippen LogP contribution in [-0.2, 0) is 16.6 Å². The molecule has 2 heterocycles. The van der Waals surface area contributed by atoms with Gasteiger partial charge in [-0.3, -0.25) is 4.79 Å². The highest BCUT2D eigenvalue weighted by Crippen LogP contribution is 2.15. The monoisotopic (exact) mass is 389 g/mol. The fraction of sp³-hybridized carbons (Fsp3) is 0.235. The van der Waals surface area contributed by atoms with Gasteiger partial charge in [0.1, 0.15) is 5.75 Å². The van der Waals surface area contributed by atoms with Gasteiger partial charge in [-0.15, -0.1) is 5.10 Å². The maximum Gasteiger partial charge on any atom is 0.266 e. The molecular formula is C17H19N5O4S. The van der Waals surface area contributed by atoms with Crippen molar-refractivity contribution in [1.82, 2.24) is 24.3 Å². The van der Waals surface area contributed by atoms with Gasteiger partial charge >= 0.3 is 0 Å². The van der Waals surface area contributed by atoms with Crippen LogP contribution in [0.25, 0.3) is 5.82 Å². The molecule has 0 aliphatic rings. The predicted molar refractivity (Wildman–Crippen MR) is 98.4 cm³/mol. The highest BCUT2D eigenvalue weighted by Gasteiger charge is 2.14. The largest absolute Gasteiger partial charge is 0.494 e. The molecule has 2 aromatic heterocycles. The number of benzene rings is 1. The molecule has 0 saturated carbocycles. The zero-order valence-electron chi connectivity index (χ0n) is 14.6. The van der Waals surface area contributed by atoms with Crippen LogP contribution in [0.3, 0.4) is 0 Å². The van der Waals surface area contributed by atoms with Crippen molar-refractivity contribution in [2.75, 3.05) is 13.2 Å². The van der Waals surface area contributed by atoms with Crippen LogP contribution in [0.4, 0.5) is 0 Å². The highest BCUT2D eigenvalue weighted by atomic mass is 32.2. The van der Waals surface area contributed by atoms with E-state index in [0.717, 1.165) is 0 Å². The van der Waals surface area contributed by atoms with Crippen molar-refractivity contribution in [3.05, 3.63) is 65.2 Å². The zero-order chi connectivity index (χ0) is 19.3. The minimum Gasteiger partial charge on any atom is -0.494 e. The van der Waals surface area contributed by atoms with E-state index in [9.17, 15) is 13.2 Å². The predicted octanol–water partition coefficient (Wildman–Crippen LogP) is 0.806. The average Bonchev–Trinajstić information content (AvgIpc) is 3.19. The van der Waals surface area contributed by atoms with Crippen molar-refractivity contribution in [1.29, 1.82) is 0 Å². The summed E-state index contributed by atoms with van der Waals surface area (Å²) in [5, 5.41) is 8.25. The van der Waals surface area contributed by atoms with Crippen LogP contribution in [0.1, 0.15) is 6.92 Å². The molecule has 3 aromatic rings. The van der Waals surface area contributed by atoms with Crippen LogP contribution < -0.4 is 15.0 Å². The molecule has 142 valence electrons. The van der Waals surface area contributed by atoms with E-state index in [-0.39, 0.29) is 23.5 Å². The Bertz CT molecular complexity index is 1040. The summed E-state index contributed by atoms with van der Waals surface area (Å²) in [7, 11) is -3.69. The summed E-state index contributed by atoms with van der Waals surface area (Å²) in [6, 6.07) is 10.8. The van der Waals surface area contributed by atoms with Crippen molar-refractivity contribution in [3.8, 4) is 11.6 Å². The van der Waals surface area contributed by atoms with E-state index in [0.29, 0.717) is 18.2 Å². The molecule has 1 N–H and O–H groups in total. The van der Waals surface area contributed by atoms with E-state index in [4.69, 9.17) is 4.74 Å². The molecule has 0 unspecified atom stereocenters. The van der Waals surface area contributed by atoms with Crippen LogP contribution in [0.15, 0.2) is 64.5 Å².